The highest BCUT2D eigenvalue weighted by Gasteiger charge is 2.43. The topological polar surface area (TPSA) is 96.5 Å². The van der Waals surface area contributed by atoms with Crippen LogP contribution in [0.3, 0.4) is 0 Å². The fraction of sp³-hybridized carbons (Fsp3) is 0.273. The van der Waals surface area contributed by atoms with Crippen LogP contribution in [0.15, 0.2) is 59.1 Å². The Morgan fingerprint density at radius 2 is 1.69 bits per heavy atom. The second kappa shape index (κ2) is 7.50. The molecule has 0 spiro atoms. The molecule has 0 atom stereocenters. The summed E-state index contributed by atoms with van der Waals surface area (Å²) in [6.45, 7) is 2.53. The summed E-state index contributed by atoms with van der Waals surface area (Å²) in [5.41, 5.74) is 1.14. The Labute approximate surface area is 168 Å². The second-order valence-electron chi connectivity index (χ2n) is 7.27. The zero-order chi connectivity index (χ0) is 20.4. The number of carboxylic acids is 1. The molecule has 1 fully saturated rings. The summed E-state index contributed by atoms with van der Waals surface area (Å²) in [4.78, 5) is 30.9. The number of aliphatic carboxylic acids is 1. The number of nitrogens with zero attached hydrogens (tertiary/aromatic N) is 3. The minimum atomic E-state index is -0.947. The lowest BCUT2D eigenvalue weighted by Gasteiger charge is -2.39. The summed E-state index contributed by atoms with van der Waals surface area (Å²) >= 11 is 0. The van der Waals surface area contributed by atoms with E-state index in [0.29, 0.717) is 43.2 Å². The summed E-state index contributed by atoms with van der Waals surface area (Å²) in [5, 5.41) is 13.7. The average molecular weight is 391 g/mol. The second-order valence-corrected chi connectivity index (χ2v) is 7.27. The normalized spacial score (nSPS) is 15.8. The maximum atomic E-state index is 12.9. The zero-order valence-electron chi connectivity index (χ0n) is 16.0. The Balaban J connectivity index is 1.48. The molecule has 1 aromatic heterocycles. The molecule has 0 aliphatic carbocycles. The quantitative estimate of drug-likeness (QED) is 0.733. The minimum Gasteiger partial charge on any atom is -0.481 e. The largest absolute Gasteiger partial charge is 0.481 e. The molecule has 0 radical (unpaired) electrons. The van der Waals surface area contributed by atoms with E-state index in [2.05, 4.69) is 10.1 Å². The molecule has 7 nitrogen and oxygen atoms in total. The molecule has 1 saturated heterocycles. The van der Waals surface area contributed by atoms with Gasteiger partial charge < -0.3 is 14.5 Å². The maximum absolute atomic E-state index is 12.9. The summed E-state index contributed by atoms with van der Waals surface area (Å²) in [7, 11) is 0. The van der Waals surface area contributed by atoms with Gasteiger partial charge in [-0.25, -0.2) is 0 Å². The predicted octanol–water partition coefficient (Wildman–Crippen LogP) is 3.30. The van der Waals surface area contributed by atoms with Gasteiger partial charge in [-0.3, -0.25) is 9.59 Å². The van der Waals surface area contributed by atoms with Gasteiger partial charge in [-0.15, -0.1) is 0 Å². The highest BCUT2D eigenvalue weighted by atomic mass is 16.5. The van der Waals surface area contributed by atoms with Crippen molar-refractivity contribution in [3.8, 4) is 11.5 Å². The minimum absolute atomic E-state index is 0.106. The Morgan fingerprint density at radius 3 is 2.24 bits per heavy atom. The molecule has 1 amide bonds. The van der Waals surface area contributed by atoms with Crippen LogP contribution in [0.5, 0.6) is 0 Å². The molecular weight excluding hydrogens is 370 g/mol. The Bertz CT molecular complexity index is 1020. The van der Waals surface area contributed by atoms with Gasteiger partial charge in [-0.05, 0) is 49.6 Å². The summed E-state index contributed by atoms with van der Waals surface area (Å²) < 4.78 is 5.14. The fourth-order valence-corrected chi connectivity index (χ4v) is 3.83. The first-order valence-electron chi connectivity index (χ1n) is 9.48. The van der Waals surface area contributed by atoms with E-state index in [1.807, 2.05) is 30.3 Å². The number of carbonyl (C=O) groups is 2. The Hall–Kier alpha value is -3.48. The van der Waals surface area contributed by atoms with E-state index >= 15 is 0 Å². The third-order valence-corrected chi connectivity index (χ3v) is 5.55. The molecule has 7 heteroatoms. The predicted molar refractivity (Wildman–Crippen MR) is 105 cm³/mol. The Kier molecular flexibility index (Phi) is 4.88. The van der Waals surface area contributed by atoms with Crippen LogP contribution in [-0.4, -0.2) is 45.1 Å². The fourth-order valence-electron chi connectivity index (χ4n) is 3.83. The molecule has 148 valence electrons. The van der Waals surface area contributed by atoms with Gasteiger partial charge in [0.2, 0.25) is 0 Å². The van der Waals surface area contributed by atoms with E-state index in [-0.39, 0.29) is 5.91 Å². The number of benzene rings is 2. The number of likely N-dealkylation sites (tertiary alicyclic amines) is 1. The first kappa shape index (κ1) is 18.9. The van der Waals surface area contributed by atoms with Crippen molar-refractivity contribution in [1.82, 2.24) is 15.0 Å². The van der Waals surface area contributed by atoms with Crippen LogP contribution in [0.2, 0.25) is 0 Å². The van der Waals surface area contributed by atoms with Crippen molar-refractivity contribution >= 4 is 11.9 Å². The first-order chi connectivity index (χ1) is 14.0. The van der Waals surface area contributed by atoms with Gasteiger partial charge in [0.15, 0.2) is 5.82 Å². The lowest BCUT2D eigenvalue weighted by Crippen LogP contribution is -2.49. The Morgan fingerprint density at radius 1 is 1.03 bits per heavy atom. The molecule has 1 N–H and O–H groups in total. The maximum Gasteiger partial charge on any atom is 0.314 e. The molecule has 1 aliphatic heterocycles. The molecule has 0 unspecified atom stereocenters. The monoisotopic (exact) mass is 391 g/mol. The average Bonchev–Trinajstić information content (AvgIpc) is 3.20. The van der Waals surface area contributed by atoms with Gasteiger partial charge in [-0.2, -0.15) is 4.98 Å². The van der Waals surface area contributed by atoms with Crippen molar-refractivity contribution in [1.29, 1.82) is 0 Å². The van der Waals surface area contributed by atoms with Crippen LogP contribution < -0.4 is 0 Å². The van der Waals surface area contributed by atoms with E-state index in [0.717, 1.165) is 11.1 Å². The number of carboxylic acid groups (broad SMARTS) is 1. The zero-order valence-corrected chi connectivity index (χ0v) is 16.0. The molecule has 2 aromatic carbocycles. The van der Waals surface area contributed by atoms with E-state index < -0.39 is 11.4 Å². The molecule has 4 rings (SSSR count). The van der Waals surface area contributed by atoms with Gasteiger partial charge in [0.05, 0.1) is 5.41 Å². The van der Waals surface area contributed by atoms with Gasteiger partial charge in [0.25, 0.3) is 11.8 Å². The van der Waals surface area contributed by atoms with Crippen molar-refractivity contribution < 1.29 is 19.2 Å². The molecule has 0 saturated carbocycles. The van der Waals surface area contributed by atoms with E-state index in [9.17, 15) is 14.7 Å². The number of carbonyl (C=O) groups excluding carboxylic acids is 1. The first-order valence-corrected chi connectivity index (χ1v) is 9.48. The van der Waals surface area contributed by atoms with Crippen molar-refractivity contribution in [3.63, 3.8) is 0 Å². The van der Waals surface area contributed by atoms with Crippen LogP contribution in [0.1, 0.15) is 34.6 Å². The lowest BCUT2D eigenvalue weighted by molar-refractivity contribution is -0.145. The summed E-state index contributed by atoms with van der Waals surface area (Å²) in [5.74, 6) is 0.0164. The summed E-state index contributed by atoms with van der Waals surface area (Å²) in [6, 6.07) is 16.3. The van der Waals surface area contributed by atoms with Crippen molar-refractivity contribution in [2.24, 2.45) is 0 Å². The SMILES string of the molecule is Cc1noc(-c2ccc(C(=O)N3CCC(C(=O)O)(c4ccccc4)CC3)cc2)n1. The number of rotatable bonds is 4. The number of amides is 1. The molecule has 2 heterocycles. The molecule has 0 bridgehead atoms. The van der Waals surface area contributed by atoms with Gasteiger partial charge in [-0.1, -0.05) is 35.5 Å². The van der Waals surface area contributed by atoms with Gasteiger partial charge >= 0.3 is 5.97 Å². The number of aromatic nitrogens is 2. The van der Waals surface area contributed by atoms with Crippen molar-refractivity contribution in [2.45, 2.75) is 25.2 Å². The van der Waals surface area contributed by atoms with Crippen LogP contribution in [0, 0.1) is 6.92 Å². The number of piperidine rings is 1. The highest BCUT2D eigenvalue weighted by molar-refractivity contribution is 5.95. The molecular formula is C22H21N3O4. The van der Waals surface area contributed by atoms with Gasteiger partial charge in [0, 0.05) is 24.2 Å². The molecule has 1 aliphatic rings. The number of hydrogen-bond acceptors (Lipinski definition) is 5. The number of aryl methyl sites for hydroxylation is 1. The van der Waals surface area contributed by atoms with Gasteiger partial charge in [0.1, 0.15) is 0 Å². The van der Waals surface area contributed by atoms with Crippen LogP contribution in [-0.2, 0) is 10.2 Å². The standard InChI is InChI=1S/C22H21N3O4/c1-15-23-19(29-24-15)16-7-9-17(10-8-16)20(26)25-13-11-22(12-14-25,21(27)28)18-5-3-2-4-6-18/h2-10H,11-14H2,1H3,(H,27,28). The summed E-state index contributed by atoms with van der Waals surface area (Å²) in [6.07, 6.45) is 0.773. The van der Waals surface area contributed by atoms with E-state index in [1.165, 1.54) is 0 Å². The van der Waals surface area contributed by atoms with Crippen LogP contribution in [0.4, 0.5) is 0 Å². The lowest BCUT2D eigenvalue weighted by atomic mass is 9.73. The van der Waals surface area contributed by atoms with Crippen LogP contribution >= 0.6 is 0 Å². The van der Waals surface area contributed by atoms with E-state index in [1.54, 1.807) is 36.1 Å². The smallest absolute Gasteiger partial charge is 0.314 e. The van der Waals surface area contributed by atoms with Crippen molar-refractivity contribution in [3.05, 3.63) is 71.5 Å². The van der Waals surface area contributed by atoms with Crippen molar-refractivity contribution in [2.75, 3.05) is 13.1 Å². The highest BCUT2D eigenvalue weighted by Crippen LogP contribution is 2.36. The molecule has 3 aromatic rings. The molecule has 29 heavy (non-hydrogen) atoms. The van der Waals surface area contributed by atoms with Crippen LogP contribution in [0.25, 0.3) is 11.5 Å². The third-order valence-electron chi connectivity index (χ3n) is 5.55. The number of hydrogen-bond donors (Lipinski definition) is 1. The third kappa shape index (κ3) is 3.51. The van der Waals surface area contributed by atoms with E-state index in [4.69, 9.17) is 4.52 Å².